The smallest absolute Gasteiger partial charge is 0.407 e. The van der Waals surface area contributed by atoms with E-state index in [1.807, 2.05) is 6.92 Å². The minimum atomic E-state index is -0.408. The van der Waals surface area contributed by atoms with Gasteiger partial charge in [-0.05, 0) is 26.7 Å². The van der Waals surface area contributed by atoms with Crippen LogP contribution < -0.4 is 10.6 Å². The number of anilines is 1. The van der Waals surface area contributed by atoms with Gasteiger partial charge in [-0.25, -0.2) is 4.79 Å². The molecular formula is C18H23N5O5. The summed E-state index contributed by atoms with van der Waals surface area (Å²) in [7, 11) is 0. The SMILES string of the molecule is Cc1cc(CC(=O)Nc2cc([C@@H]3C[C@@H](OC(=O)NC4(C)CC4)CO3)[nH]n2)on1. The molecule has 0 unspecified atom stereocenters. The van der Waals surface area contributed by atoms with Crippen molar-refractivity contribution in [3.05, 3.63) is 29.3 Å². The van der Waals surface area contributed by atoms with Gasteiger partial charge in [0.2, 0.25) is 5.91 Å². The molecule has 10 nitrogen and oxygen atoms in total. The Balaban J connectivity index is 1.26. The molecule has 2 aromatic heterocycles. The molecule has 1 aliphatic carbocycles. The molecule has 3 N–H and O–H groups in total. The molecule has 1 aliphatic heterocycles. The molecule has 2 aliphatic rings. The third kappa shape index (κ3) is 4.50. The lowest BCUT2D eigenvalue weighted by Crippen LogP contribution is -2.37. The number of hydrogen-bond acceptors (Lipinski definition) is 7. The minimum Gasteiger partial charge on any atom is -0.444 e. The summed E-state index contributed by atoms with van der Waals surface area (Å²) in [6.45, 7) is 4.10. The molecular weight excluding hydrogens is 366 g/mol. The highest BCUT2D eigenvalue weighted by molar-refractivity contribution is 5.91. The van der Waals surface area contributed by atoms with Crippen molar-refractivity contribution in [2.24, 2.45) is 0 Å². The van der Waals surface area contributed by atoms with Gasteiger partial charge < -0.3 is 24.6 Å². The Kier molecular flexibility index (Phi) is 4.80. The van der Waals surface area contributed by atoms with Crippen LogP contribution in [-0.4, -0.2) is 45.6 Å². The van der Waals surface area contributed by atoms with Crippen molar-refractivity contribution >= 4 is 17.8 Å². The first kappa shape index (κ1) is 18.5. The van der Waals surface area contributed by atoms with Crippen LogP contribution in [0.15, 0.2) is 16.7 Å². The molecule has 10 heteroatoms. The number of rotatable bonds is 6. The number of carbonyl (C=O) groups is 2. The second-order valence-corrected chi connectivity index (χ2v) is 7.64. The van der Waals surface area contributed by atoms with Gasteiger partial charge in [-0.1, -0.05) is 5.16 Å². The third-order valence-corrected chi connectivity index (χ3v) is 4.86. The first-order chi connectivity index (χ1) is 13.4. The Labute approximate surface area is 161 Å². The topological polar surface area (TPSA) is 131 Å². The summed E-state index contributed by atoms with van der Waals surface area (Å²) in [4.78, 5) is 24.0. The first-order valence-corrected chi connectivity index (χ1v) is 9.26. The number of H-pyrrole nitrogens is 1. The Morgan fingerprint density at radius 1 is 1.39 bits per heavy atom. The number of nitrogens with one attached hydrogen (secondary N) is 3. The van der Waals surface area contributed by atoms with Crippen LogP contribution in [0.4, 0.5) is 10.6 Å². The molecule has 0 bridgehead atoms. The average Bonchev–Trinajstić information content (AvgIpc) is 3.05. The number of hydrogen-bond donors (Lipinski definition) is 3. The van der Waals surface area contributed by atoms with Gasteiger partial charge >= 0.3 is 6.09 Å². The maximum atomic E-state index is 12.1. The molecule has 2 fully saturated rings. The van der Waals surface area contributed by atoms with Crippen LogP contribution in [0.2, 0.25) is 0 Å². The number of ether oxygens (including phenoxy) is 2. The summed E-state index contributed by atoms with van der Waals surface area (Å²) in [5, 5.41) is 16.3. The number of aromatic amines is 1. The predicted octanol–water partition coefficient (Wildman–Crippen LogP) is 2.00. The molecule has 28 heavy (non-hydrogen) atoms. The molecule has 150 valence electrons. The van der Waals surface area contributed by atoms with Crippen molar-refractivity contribution < 1.29 is 23.6 Å². The number of amides is 2. The first-order valence-electron chi connectivity index (χ1n) is 9.26. The minimum absolute atomic E-state index is 0.0763. The number of carbonyl (C=O) groups excluding carboxylic acids is 2. The lowest BCUT2D eigenvalue weighted by molar-refractivity contribution is -0.115. The van der Waals surface area contributed by atoms with E-state index in [1.54, 1.807) is 19.1 Å². The maximum absolute atomic E-state index is 12.1. The van der Waals surface area contributed by atoms with E-state index in [9.17, 15) is 9.59 Å². The van der Waals surface area contributed by atoms with Gasteiger partial charge in [-0.2, -0.15) is 5.10 Å². The van der Waals surface area contributed by atoms with Gasteiger partial charge in [-0.3, -0.25) is 9.89 Å². The second-order valence-electron chi connectivity index (χ2n) is 7.64. The van der Waals surface area contributed by atoms with Crippen LogP contribution in [0, 0.1) is 6.92 Å². The normalized spacial score (nSPS) is 22.6. The van der Waals surface area contributed by atoms with Crippen LogP contribution in [0.5, 0.6) is 0 Å². The molecule has 0 radical (unpaired) electrons. The summed E-state index contributed by atoms with van der Waals surface area (Å²) >= 11 is 0. The highest BCUT2D eigenvalue weighted by Gasteiger charge is 2.40. The number of aryl methyl sites for hydroxylation is 1. The second kappa shape index (κ2) is 7.27. The van der Waals surface area contributed by atoms with Crippen LogP contribution in [0.1, 0.15) is 49.4 Å². The summed E-state index contributed by atoms with van der Waals surface area (Å²) < 4.78 is 16.2. The molecule has 3 heterocycles. The molecule has 2 atom stereocenters. The zero-order chi connectivity index (χ0) is 19.7. The summed E-state index contributed by atoms with van der Waals surface area (Å²) in [5.74, 6) is 0.625. The van der Waals surface area contributed by atoms with E-state index < -0.39 is 6.09 Å². The number of alkyl carbamates (subject to hydrolysis) is 1. The van der Waals surface area contributed by atoms with E-state index in [0.29, 0.717) is 30.3 Å². The van der Waals surface area contributed by atoms with Crippen molar-refractivity contribution in [2.45, 2.75) is 57.3 Å². The van der Waals surface area contributed by atoms with E-state index in [2.05, 4.69) is 26.0 Å². The van der Waals surface area contributed by atoms with E-state index in [-0.39, 0.29) is 30.1 Å². The lowest BCUT2D eigenvalue weighted by atomic mass is 10.1. The van der Waals surface area contributed by atoms with Gasteiger partial charge in [0.25, 0.3) is 0 Å². The number of nitrogens with zero attached hydrogens (tertiary/aromatic N) is 2. The summed E-state index contributed by atoms with van der Waals surface area (Å²) in [6, 6.07) is 3.42. The van der Waals surface area contributed by atoms with Crippen LogP contribution >= 0.6 is 0 Å². The van der Waals surface area contributed by atoms with E-state index in [1.165, 1.54) is 0 Å². The summed E-state index contributed by atoms with van der Waals surface area (Å²) in [5.41, 5.74) is 1.32. The van der Waals surface area contributed by atoms with Crippen molar-refractivity contribution in [1.29, 1.82) is 0 Å². The molecule has 1 saturated heterocycles. The van der Waals surface area contributed by atoms with Gasteiger partial charge in [-0.15, -0.1) is 0 Å². The van der Waals surface area contributed by atoms with Gasteiger partial charge in [0.1, 0.15) is 18.0 Å². The Bertz CT molecular complexity index is 871. The largest absolute Gasteiger partial charge is 0.444 e. The highest BCUT2D eigenvalue weighted by Crippen LogP contribution is 2.35. The fourth-order valence-electron chi connectivity index (χ4n) is 3.05. The molecule has 4 rings (SSSR count). The average molecular weight is 389 g/mol. The van der Waals surface area contributed by atoms with Crippen LogP contribution in [0.25, 0.3) is 0 Å². The van der Waals surface area contributed by atoms with Crippen molar-refractivity contribution in [3.8, 4) is 0 Å². The zero-order valence-electron chi connectivity index (χ0n) is 15.8. The van der Waals surface area contributed by atoms with Crippen molar-refractivity contribution in [2.75, 3.05) is 11.9 Å². The van der Waals surface area contributed by atoms with E-state index in [4.69, 9.17) is 14.0 Å². The van der Waals surface area contributed by atoms with Gasteiger partial charge in [0.15, 0.2) is 5.82 Å². The third-order valence-electron chi connectivity index (χ3n) is 4.86. The lowest BCUT2D eigenvalue weighted by Gasteiger charge is -2.15. The van der Waals surface area contributed by atoms with Gasteiger partial charge in [0, 0.05) is 24.1 Å². The quantitative estimate of drug-likeness (QED) is 0.688. The van der Waals surface area contributed by atoms with Crippen LogP contribution in [-0.2, 0) is 20.7 Å². The molecule has 0 aromatic carbocycles. The van der Waals surface area contributed by atoms with E-state index in [0.717, 1.165) is 18.5 Å². The Morgan fingerprint density at radius 2 is 2.21 bits per heavy atom. The maximum Gasteiger partial charge on any atom is 0.407 e. The van der Waals surface area contributed by atoms with Crippen molar-refractivity contribution in [3.63, 3.8) is 0 Å². The fraction of sp³-hybridized carbons (Fsp3) is 0.556. The Hall–Kier alpha value is -2.88. The highest BCUT2D eigenvalue weighted by atomic mass is 16.6. The monoisotopic (exact) mass is 389 g/mol. The fourth-order valence-corrected chi connectivity index (χ4v) is 3.05. The zero-order valence-corrected chi connectivity index (χ0v) is 15.8. The van der Waals surface area contributed by atoms with Gasteiger partial charge in [0.05, 0.1) is 24.4 Å². The standard InChI is InChI=1S/C18H23N5O5/c1-10-5-11(28-23-10)7-16(24)19-15-8-13(21-22-15)14-6-12(9-26-14)27-17(25)20-18(2)3-4-18/h5,8,12,14H,3-4,6-7,9H2,1-2H3,(H,20,25)(H2,19,21,22,24)/t12-,14+/m1/s1. The van der Waals surface area contributed by atoms with Crippen molar-refractivity contribution in [1.82, 2.24) is 20.7 Å². The van der Waals surface area contributed by atoms with Crippen LogP contribution in [0.3, 0.4) is 0 Å². The van der Waals surface area contributed by atoms with E-state index >= 15 is 0 Å². The number of aromatic nitrogens is 3. The Morgan fingerprint density at radius 3 is 2.93 bits per heavy atom. The molecule has 2 aromatic rings. The predicted molar refractivity (Wildman–Crippen MR) is 96.5 cm³/mol. The molecule has 1 saturated carbocycles. The molecule has 0 spiro atoms. The summed E-state index contributed by atoms with van der Waals surface area (Å²) in [6.07, 6.45) is 1.56. The molecule has 2 amide bonds.